The van der Waals surface area contributed by atoms with Crippen molar-refractivity contribution in [2.75, 3.05) is 20.2 Å². The van der Waals surface area contributed by atoms with Gasteiger partial charge >= 0.3 is 5.97 Å². The van der Waals surface area contributed by atoms with Crippen molar-refractivity contribution in [3.05, 3.63) is 47.2 Å². The molecule has 1 aromatic heterocycles. The minimum absolute atomic E-state index is 0.0560. The number of amides is 1. The summed E-state index contributed by atoms with van der Waals surface area (Å²) in [5.74, 6) is 0.0804. The van der Waals surface area contributed by atoms with Crippen molar-refractivity contribution < 1.29 is 23.5 Å². The molecule has 0 bridgehead atoms. The average Bonchev–Trinajstić information content (AvgIpc) is 3.05. The van der Waals surface area contributed by atoms with Gasteiger partial charge in [0.1, 0.15) is 5.75 Å². The van der Waals surface area contributed by atoms with E-state index in [1.54, 1.807) is 17.0 Å². The van der Waals surface area contributed by atoms with Gasteiger partial charge in [0.25, 0.3) is 11.9 Å². The lowest BCUT2D eigenvalue weighted by molar-refractivity contribution is 0.0560. The van der Waals surface area contributed by atoms with E-state index < -0.39 is 5.97 Å². The predicted octanol–water partition coefficient (Wildman–Crippen LogP) is 3.65. The van der Waals surface area contributed by atoms with Crippen LogP contribution in [0.4, 0.5) is 0 Å². The van der Waals surface area contributed by atoms with Gasteiger partial charge in [-0.15, -0.1) is 0 Å². The first-order valence-corrected chi connectivity index (χ1v) is 7.76. The zero-order valence-corrected chi connectivity index (χ0v) is 14.3. The first kappa shape index (κ1) is 17.6. The van der Waals surface area contributed by atoms with Gasteiger partial charge in [-0.3, -0.25) is 4.79 Å². The van der Waals surface area contributed by atoms with E-state index in [0.29, 0.717) is 24.4 Å². The van der Waals surface area contributed by atoms with E-state index in [2.05, 4.69) is 4.74 Å². The van der Waals surface area contributed by atoms with Crippen LogP contribution in [0.25, 0.3) is 0 Å². The Kier molecular flexibility index (Phi) is 5.63. The molecule has 0 aliphatic carbocycles. The SMILES string of the molecule is CCN(CC)C(=O)c1ccc(C)c(Oc2ccc(C(=O)OC)o2)c1. The van der Waals surface area contributed by atoms with Crippen molar-refractivity contribution in [2.24, 2.45) is 0 Å². The highest BCUT2D eigenvalue weighted by Crippen LogP contribution is 2.28. The molecule has 0 spiro atoms. The van der Waals surface area contributed by atoms with Gasteiger partial charge in [-0.25, -0.2) is 4.79 Å². The molecule has 0 unspecified atom stereocenters. The molecule has 24 heavy (non-hydrogen) atoms. The van der Waals surface area contributed by atoms with Gasteiger partial charge in [-0.2, -0.15) is 0 Å². The van der Waals surface area contributed by atoms with Gasteiger partial charge in [-0.05, 0) is 44.5 Å². The molecule has 1 aromatic carbocycles. The van der Waals surface area contributed by atoms with E-state index in [0.717, 1.165) is 5.56 Å². The maximum atomic E-state index is 12.4. The van der Waals surface area contributed by atoms with Gasteiger partial charge < -0.3 is 18.8 Å². The molecule has 0 aliphatic rings. The second-order valence-electron chi connectivity index (χ2n) is 5.17. The van der Waals surface area contributed by atoms with Crippen molar-refractivity contribution in [1.29, 1.82) is 0 Å². The fourth-order valence-electron chi connectivity index (χ4n) is 2.23. The van der Waals surface area contributed by atoms with Crippen molar-refractivity contribution in [1.82, 2.24) is 4.90 Å². The molecule has 128 valence electrons. The third-order valence-electron chi connectivity index (χ3n) is 3.66. The van der Waals surface area contributed by atoms with Crippen molar-refractivity contribution in [2.45, 2.75) is 20.8 Å². The van der Waals surface area contributed by atoms with Crippen LogP contribution < -0.4 is 4.74 Å². The lowest BCUT2D eigenvalue weighted by Crippen LogP contribution is -2.30. The predicted molar refractivity (Wildman–Crippen MR) is 88.6 cm³/mol. The number of rotatable bonds is 6. The highest BCUT2D eigenvalue weighted by Gasteiger charge is 2.16. The van der Waals surface area contributed by atoms with E-state index >= 15 is 0 Å². The average molecular weight is 331 g/mol. The molecule has 0 radical (unpaired) electrons. The smallest absolute Gasteiger partial charge is 0.374 e. The van der Waals surface area contributed by atoms with Crippen LogP contribution in [0.2, 0.25) is 0 Å². The molecule has 2 rings (SSSR count). The summed E-state index contributed by atoms with van der Waals surface area (Å²) in [6, 6.07) is 8.27. The molecule has 0 atom stereocenters. The third kappa shape index (κ3) is 3.76. The Morgan fingerprint density at radius 3 is 2.46 bits per heavy atom. The molecule has 6 nitrogen and oxygen atoms in total. The van der Waals surface area contributed by atoms with Crippen LogP contribution in [0.5, 0.6) is 11.7 Å². The van der Waals surface area contributed by atoms with E-state index in [4.69, 9.17) is 9.15 Å². The summed E-state index contributed by atoms with van der Waals surface area (Å²) in [5, 5.41) is 0. The van der Waals surface area contributed by atoms with Gasteiger partial charge in [0.2, 0.25) is 5.76 Å². The van der Waals surface area contributed by atoms with E-state index in [1.807, 2.05) is 26.8 Å². The number of furan rings is 1. The largest absolute Gasteiger partial charge is 0.463 e. The van der Waals surface area contributed by atoms with Gasteiger partial charge in [0.05, 0.1) is 7.11 Å². The molecule has 0 saturated heterocycles. The molecule has 6 heteroatoms. The Labute approximate surface area is 141 Å². The monoisotopic (exact) mass is 331 g/mol. The Bertz CT molecular complexity index is 731. The molecular weight excluding hydrogens is 310 g/mol. The van der Waals surface area contributed by atoms with Crippen LogP contribution in [0.3, 0.4) is 0 Å². The number of carbonyl (C=O) groups is 2. The van der Waals surface area contributed by atoms with Crippen LogP contribution >= 0.6 is 0 Å². The molecule has 0 aliphatic heterocycles. The van der Waals surface area contributed by atoms with Crippen LogP contribution in [0, 0.1) is 6.92 Å². The summed E-state index contributed by atoms with van der Waals surface area (Å²) in [5.41, 5.74) is 1.39. The summed E-state index contributed by atoms with van der Waals surface area (Å²) in [4.78, 5) is 25.6. The van der Waals surface area contributed by atoms with Gasteiger partial charge in [-0.1, -0.05) is 6.07 Å². The van der Waals surface area contributed by atoms with Crippen molar-refractivity contribution in [3.63, 3.8) is 0 Å². The molecular formula is C18H21NO5. The van der Waals surface area contributed by atoms with E-state index in [9.17, 15) is 9.59 Å². The van der Waals surface area contributed by atoms with Gasteiger partial charge in [0, 0.05) is 24.7 Å². The van der Waals surface area contributed by atoms with Crippen LogP contribution in [-0.4, -0.2) is 37.0 Å². The zero-order chi connectivity index (χ0) is 17.7. The Hall–Kier alpha value is -2.76. The summed E-state index contributed by atoms with van der Waals surface area (Å²) in [6.07, 6.45) is 0. The highest BCUT2D eigenvalue weighted by molar-refractivity contribution is 5.94. The number of benzene rings is 1. The maximum Gasteiger partial charge on any atom is 0.374 e. The summed E-state index contributed by atoms with van der Waals surface area (Å²) < 4.78 is 15.6. The standard InChI is InChI=1S/C18H21NO5/c1-5-19(6-2)17(20)13-8-7-12(3)15(11-13)24-16-10-9-14(23-16)18(21)22-4/h7-11H,5-6H2,1-4H3. The number of nitrogens with zero attached hydrogens (tertiary/aromatic N) is 1. The normalized spacial score (nSPS) is 10.3. The van der Waals surface area contributed by atoms with Crippen LogP contribution in [0.1, 0.15) is 40.3 Å². The molecule has 2 aromatic rings. The minimum Gasteiger partial charge on any atom is -0.463 e. The summed E-state index contributed by atoms with van der Waals surface area (Å²) >= 11 is 0. The second-order valence-corrected chi connectivity index (χ2v) is 5.17. The first-order valence-electron chi connectivity index (χ1n) is 7.76. The summed E-state index contributed by atoms with van der Waals surface area (Å²) in [7, 11) is 1.28. The quantitative estimate of drug-likeness (QED) is 0.756. The van der Waals surface area contributed by atoms with E-state index in [-0.39, 0.29) is 17.6 Å². The van der Waals surface area contributed by atoms with Crippen LogP contribution in [0.15, 0.2) is 34.7 Å². The number of hydrogen-bond acceptors (Lipinski definition) is 5. The maximum absolute atomic E-state index is 12.4. The van der Waals surface area contributed by atoms with Crippen molar-refractivity contribution in [3.8, 4) is 11.7 Å². The Morgan fingerprint density at radius 1 is 1.12 bits per heavy atom. The molecule has 0 fully saturated rings. The van der Waals surface area contributed by atoms with E-state index in [1.165, 1.54) is 19.2 Å². The number of methoxy groups -OCH3 is 1. The zero-order valence-electron chi connectivity index (χ0n) is 14.3. The third-order valence-corrected chi connectivity index (χ3v) is 3.66. The topological polar surface area (TPSA) is 69.0 Å². The van der Waals surface area contributed by atoms with Gasteiger partial charge in [0.15, 0.2) is 0 Å². The lowest BCUT2D eigenvalue weighted by atomic mass is 10.1. The molecule has 1 heterocycles. The first-order chi connectivity index (χ1) is 11.5. The Balaban J connectivity index is 2.24. The number of hydrogen-bond donors (Lipinski definition) is 0. The number of carbonyl (C=O) groups excluding carboxylic acids is 2. The second kappa shape index (κ2) is 7.68. The number of esters is 1. The molecule has 0 saturated carbocycles. The lowest BCUT2D eigenvalue weighted by Gasteiger charge is -2.19. The van der Waals surface area contributed by atoms with Crippen LogP contribution in [-0.2, 0) is 4.74 Å². The Morgan fingerprint density at radius 2 is 1.83 bits per heavy atom. The number of ether oxygens (including phenoxy) is 2. The number of aryl methyl sites for hydroxylation is 1. The molecule has 0 N–H and O–H groups in total. The highest BCUT2D eigenvalue weighted by atomic mass is 16.6. The summed E-state index contributed by atoms with van der Waals surface area (Å²) in [6.45, 7) is 7.01. The fourth-order valence-corrected chi connectivity index (χ4v) is 2.23. The van der Waals surface area contributed by atoms with Crippen molar-refractivity contribution >= 4 is 11.9 Å². The molecule has 1 amide bonds. The fraction of sp³-hybridized carbons (Fsp3) is 0.333. The minimum atomic E-state index is -0.577.